The average molecular weight is 273 g/mol. The number of rotatable bonds is 3. The SMILES string of the molecule is Cc1cc(C)n2nc(C(=O)N(C)CC3CCC3)nc2n1. The number of fused-ring (bicyclic) bond motifs is 1. The summed E-state index contributed by atoms with van der Waals surface area (Å²) < 4.78 is 1.62. The van der Waals surface area contributed by atoms with E-state index in [1.807, 2.05) is 27.0 Å². The number of aromatic nitrogens is 4. The summed E-state index contributed by atoms with van der Waals surface area (Å²) in [5.41, 5.74) is 1.81. The fourth-order valence-corrected chi connectivity index (χ4v) is 2.57. The highest BCUT2D eigenvalue weighted by molar-refractivity contribution is 5.90. The van der Waals surface area contributed by atoms with E-state index >= 15 is 0 Å². The van der Waals surface area contributed by atoms with Gasteiger partial charge in [-0.3, -0.25) is 4.79 Å². The molecule has 0 aliphatic heterocycles. The molecule has 0 bridgehead atoms. The normalized spacial score (nSPS) is 15.3. The summed E-state index contributed by atoms with van der Waals surface area (Å²) in [5, 5.41) is 4.28. The van der Waals surface area contributed by atoms with Crippen LogP contribution in [-0.2, 0) is 0 Å². The molecule has 2 aromatic rings. The maximum absolute atomic E-state index is 12.3. The van der Waals surface area contributed by atoms with Gasteiger partial charge < -0.3 is 4.90 Å². The molecule has 6 nitrogen and oxygen atoms in total. The second-order valence-electron chi connectivity index (χ2n) is 5.67. The second kappa shape index (κ2) is 4.85. The third-order valence-corrected chi connectivity index (χ3v) is 3.91. The van der Waals surface area contributed by atoms with Gasteiger partial charge in [-0.15, -0.1) is 5.10 Å². The zero-order valence-corrected chi connectivity index (χ0v) is 12.1. The van der Waals surface area contributed by atoms with Crippen molar-refractivity contribution < 1.29 is 4.79 Å². The molecule has 106 valence electrons. The lowest BCUT2D eigenvalue weighted by Crippen LogP contribution is -2.34. The minimum Gasteiger partial charge on any atom is -0.339 e. The van der Waals surface area contributed by atoms with Crippen LogP contribution in [0.1, 0.15) is 41.3 Å². The Morgan fingerprint density at radius 1 is 1.40 bits per heavy atom. The van der Waals surface area contributed by atoms with Gasteiger partial charge in [0.1, 0.15) is 0 Å². The van der Waals surface area contributed by atoms with Crippen molar-refractivity contribution in [2.75, 3.05) is 13.6 Å². The van der Waals surface area contributed by atoms with E-state index in [0.29, 0.717) is 11.7 Å². The molecular formula is C14H19N5O. The van der Waals surface area contributed by atoms with E-state index in [1.54, 1.807) is 9.42 Å². The molecule has 1 aliphatic carbocycles. The number of hydrogen-bond acceptors (Lipinski definition) is 4. The van der Waals surface area contributed by atoms with E-state index in [2.05, 4.69) is 15.1 Å². The molecule has 3 rings (SSSR count). The van der Waals surface area contributed by atoms with E-state index in [0.717, 1.165) is 17.9 Å². The first-order valence-electron chi connectivity index (χ1n) is 7.01. The zero-order chi connectivity index (χ0) is 14.3. The number of hydrogen-bond donors (Lipinski definition) is 0. The van der Waals surface area contributed by atoms with E-state index in [1.165, 1.54) is 19.3 Å². The van der Waals surface area contributed by atoms with Crippen molar-refractivity contribution in [2.24, 2.45) is 5.92 Å². The first-order valence-corrected chi connectivity index (χ1v) is 7.01. The summed E-state index contributed by atoms with van der Waals surface area (Å²) in [6, 6.07) is 1.92. The Morgan fingerprint density at radius 3 is 2.80 bits per heavy atom. The molecule has 0 atom stereocenters. The Morgan fingerprint density at radius 2 is 2.15 bits per heavy atom. The predicted molar refractivity (Wildman–Crippen MR) is 74.6 cm³/mol. The molecule has 20 heavy (non-hydrogen) atoms. The van der Waals surface area contributed by atoms with Gasteiger partial charge in [-0.1, -0.05) is 6.42 Å². The van der Waals surface area contributed by atoms with Crippen LogP contribution < -0.4 is 0 Å². The molecule has 0 spiro atoms. The molecule has 0 aromatic carbocycles. The van der Waals surface area contributed by atoms with Gasteiger partial charge >= 0.3 is 0 Å². The quantitative estimate of drug-likeness (QED) is 0.852. The van der Waals surface area contributed by atoms with Gasteiger partial charge in [0.05, 0.1) is 0 Å². The number of nitrogens with zero attached hydrogens (tertiary/aromatic N) is 5. The van der Waals surface area contributed by atoms with Crippen LogP contribution in [0.2, 0.25) is 0 Å². The highest BCUT2D eigenvalue weighted by Gasteiger charge is 2.24. The van der Waals surface area contributed by atoms with E-state index in [-0.39, 0.29) is 11.7 Å². The lowest BCUT2D eigenvalue weighted by molar-refractivity contribution is 0.0733. The summed E-state index contributed by atoms with van der Waals surface area (Å²) in [7, 11) is 1.82. The summed E-state index contributed by atoms with van der Waals surface area (Å²) in [6.45, 7) is 4.63. The van der Waals surface area contributed by atoms with Crippen LogP contribution in [0, 0.1) is 19.8 Å². The zero-order valence-electron chi connectivity index (χ0n) is 12.1. The van der Waals surface area contributed by atoms with Gasteiger partial charge in [-0.05, 0) is 38.7 Å². The van der Waals surface area contributed by atoms with E-state index in [9.17, 15) is 4.79 Å². The lowest BCUT2D eigenvalue weighted by Gasteiger charge is -2.29. The van der Waals surface area contributed by atoms with Crippen molar-refractivity contribution in [2.45, 2.75) is 33.1 Å². The largest absolute Gasteiger partial charge is 0.339 e. The maximum Gasteiger partial charge on any atom is 0.293 e. The van der Waals surface area contributed by atoms with Gasteiger partial charge in [0.2, 0.25) is 5.82 Å². The van der Waals surface area contributed by atoms with Crippen molar-refractivity contribution in [3.63, 3.8) is 0 Å². The third kappa shape index (κ3) is 2.26. The van der Waals surface area contributed by atoms with Crippen molar-refractivity contribution in [1.29, 1.82) is 0 Å². The molecule has 0 unspecified atom stereocenters. The molecule has 1 amide bonds. The molecule has 0 N–H and O–H groups in total. The van der Waals surface area contributed by atoms with E-state index in [4.69, 9.17) is 0 Å². The molecule has 1 aliphatic rings. The average Bonchev–Trinajstić information content (AvgIpc) is 2.76. The summed E-state index contributed by atoms with van der Waals surface area (Å²) in [4.78, 5) is 22.6. The molecule has 0 saturated heterocycles. The van der Waals surface area contributed by atoms with Crippen molar-refractivity contribution in [3.05, 3.63) is 23.3 Å². The van der Waals surface area contributed by atoms with Crippen LogP contribution in [0.15, 0.2) is 6.07 Å². The van der Waals surface area contributed by atoms with Gasteiger partial charge in [0, 0.05) is 25.0 Å². The van der Waals surface area contributed by atoms with Crippen molar-refractivity contribution >= 4 is 11.7 Å². The summed E-state index contributed by atoms with van der Waals surface area (Å²) >= 11 is 0. The number of carbonyl (C=O) groups excluding carboxylic acids is 1. The minimum absolute atomic E-state index is 0.126. The van der Waals surface area contributed by atoms with Crippen LogP contribution in [0.25, 0.3) is 5.78 Å². The Kier molecular flexibility index (Phi) is 3.16. The third-order valence-electron chi connectivity index (χ3n) is 3.91. The molecular weight excluding hydrogens is 254 g/mol. The standard InChI is InChI=1S/C14H19N5O/c1-9-7-10(2)19-14(15-9)16-12(17-19)13(20)18(3)8-11-5-4-6-11/h7,11H,4-6,8H2,1-3H3. The highest BCUT2D eigenvalue weighted by atomic mass is 16.2. The Balaban J connectivity index is 1.85. The predicted octanol–water partition coefficient (Wildman–Crippen LogP) is 1.61. The monoisotopic (exact) mass is 273 g/mol. The number of aryl methyl sites for hydroxylation is 2. The summed E-state index contributed by atoms with van der Waals surface area (Å²) in [5.74, 6) is 1.23. The van der Waals surface area contributed by atoms with Gasteiger partial charge in [-0.25, -0.2) is 9.50 Å². The van der Waals surface area contributed by atoms with Crippen molar-refractivity contribution in [1.82, 2.24) is 24.5 Å². The van der Waals surface area contributed by atoms with Crippen LogP contribution >= 0.6 is 0 Å². The number of amides is 1. The Bertz CT molecular complexity index is 659. The molecule has 1 saturated carbocycles. The molecule has 6 heteroatoms. The highest BCUT2D eigenvalue weighted by Crippen LogP contribution is 2.26. The van der Waals surface area contributed by atoms with Crippen LogP contribution in [0.5, 0.6) is 0 Å². The lowest BCUT2D eigenvalue weighted by atomic mass is 9.85. The van der Waals surface area contributed by atoms with Crippen LogP contribution in [0.3, 0.4) is 0 Å². The van der Waals surface area contributed by atoms with Crippen molar-refractivity contribution in [3.8, 4) is 0 Å². The first kappa shape index (κ1) is 13.0. The molecule has 2 aromatic heterocycles. The molecule has 1 fully saturated rings. The number of carbonyl (C=O) groups is 1. The minimum atomic E-state index is -0.126. The molecule has 2 heterocycles. The Hall–Kier alpha value is -1.98. The van der Waals surface area contributed by atoms with Crippen LogP contribution in [0.4, 0.5) is 0 Å². The Labute approximate surface area is 117 Å². The first-order chi connectivity index (χ1) is 9.54. The fraction of sp³-hybridized carbons (Fsp3) is 0.571. The van der Waals surface area contributed by atoms with E-state index < -0.39 is 0 Å². The smallest absolute Gasteiger partial charge is 0.293 e. The topological polar surface area (TPSA) is 63.4 Å². The molecule has 0 radical (unpaired) electrons. The maximum atomic E-state index is 12.3. The van der Waals surface area contributed by atoms with Gasteiger partial charge in [-0.2, -0.15) is 4.98 Å². The summed E-state index contributed by atoms with van der Waals surface area (Å²) in [6.07, 6.45) is 3.72. The van der Waals surface area contributed by atoms with Gasteiger partial charge in [0.15, 0.2) is 0 Å². The second-order valence-corrected chi connectivity index (χ2v) is 5.67. The van der Waals surface area contributed by atoms with Gasteiger partial charge in [0.25, 0.3) is 11.7 Å². The van der Waals surface area contributed by atoms with Crippen LogP contribution in [-0.4, -0.2) is 44.0 Å². The fourth-order valence-electron chi connectivity index (χ4n) is 2.57.